The van der Waals surface area contributed by atoms with Crippen LogP contribution in [0, 0.1) is 29.1 Å². The lowest BCUT2D eigenvalue weighted by molar-refractivity contribution is -0.133. The molecule has 5 unspecified atom stereocenters. The Kier molecular flexibility index (Phi) is 3.10. The maximum atomic E-state index is 12.9. The van der Waals surface area contributed by atoms with Crippen molar-refractivity contribution in [2.75, 3.05) is 13.1 Å². The topological polar surface area (TPSA) is 41.1 Å². The Hall–Kier alpha value is -0.570. The monoisotopic (exact) mass is 276 g/mol. The Labute approximate surface area is 122 Å². The summed E-state index contributed by atoms with van der Waals surface area (Å²) >= 11 is 0. The minimum Gasteiger partial charge on any atom is -0.352 e. The Bertz CT molecular complexity index is 380. The van der Waals surface area contributed by atoms with E-state index in [-0.39, 0.29) is 5.41 Å². The first-order chi connectivity index (χ1) is 9.75. The summed E-state index contributed by atoms with van der Waals surface area (Å²) in [5.41, 5.74) is -0.108. The van der Waals surface area contributed by atoms with E-state index in [0.29, 0.717) is 11.9 Å². The van der Waals surface area contributed by atoms with Crippen LogP contribution in [0.3, 0.4) is 0 Å². The molecule has 3 aliphatic carbocycles. The van der Waals surface area contributed by atoms with Crippen LogP contribution in [-0.4, -0.2) is 25.0 Å². The van der Waals surface area contributed by atoms with Gasteiger partial charge in [-0.05, 0) is 68.7 Å². The van der Waals surface area contributed by atoms with Gasteiger partial charge in [-0.2, -0.15) is 0 Å². The van der Waals surface area contributed by atoms with Gasteiger partial charge in [-0.3, -0.25) is 4.79 Å². The number of rotatable bonds is 4. The lowest BCUT2D eigenvalue weighted by Gasteiger charge is -2.36. The first kappa shape index (κ1) is 13.1. The number of carbonyl (C=O) groups is 1. The molecule has 0 radical (unpaired) electrons. The van der Waals surface area contributed by atoms with Crippen LogP contribution in [0.1, 0.15) is 51.9 Å². The molecular weight excluding hydrogens is 248 g/mol. The van der Waals surface area contributed by atoms with Crippen molar-refractivity contribution in [3.63, 3.8) is 0 Å². The maximum absolute atomic E-state index is 12.9. The van der Waals surface area contributed by atoms with Gasteiger partial charge < -0.3 is 10.6 Å². The first-order valence-corrected chi connectivity index (χ1v) is 8.77. The van der Waals surface area contributed by atoms with E-state index in [0.717, 1.165) is 62.4 Å². The third-order valence-electron chi connectivity index (χ3n) is 6.72. The molecule has 0 aromatic rings. The van der Waals surface area contributed by atoms with Gasteiger partial charge in [0.2, 0.25) is 5.91 Å². The second-order valence-electron chi connectivity index (χ2n) is 7.80. The van der Waals surface area contributed by atoms with E-state index in [9.17, 15) is 4.79 Å². The van der Waals surface area contributed by atoms with Gasteiger partial charge >= 0.3 is 0 Å². The molecule has 1 amide bonds. The van der Waals surface area contributed by atoms with Crippen LogP contribution in [0.25, 0.3) is 0 Å². The zero-order valence-corrected chi connectivity index (χ0v) is 12.7. The summed E-state index contributed by atoms with van der Waals surface area (Å²) in [5.74, 6) is 3.97. The maximum Gasteiger partial charge on any atom is 0.227 e. The minimum atomic E-state index is -0.108. The van der Waals surface area contributed by atoms with E-state index in [1.807, 2.05) is 0 Å². The largest absolute Gasteiger partial charge is 0.352 e. The fourth-order valence-corrected chi connectivity index (χ4v) is 5.79. The average molecular weight is 276 g/mol. The van der Waals surface area contributed by atoms with Crippen LogP contribution in [-0.2, 0) is 4.79 Å². The van der Waals surface area contributed by atoms with E-state index >= 15 is 0 Å². The molecule has 1 heterocycles. The lowest BCUT2D eigenvalue weighted by atomic mass is 9.76. The number of nitrogens with one attached hydrogen (secondary N) is 2. The van der Waals surface area contributed by atoms with Crippen molar-refractivity contribution < 1.29 is 4.79 Å². The second kappa shape index (κ2) is 4.72. The molecule has 4 rings (SSSR count). The minimum absolute atomic E-state index is 0.108. The van der Waals surface area contributed by atoms with Crippen molar-refractivity contribution in [2.45, 2.75) is 57.9 Å². The second-order valence-corrected chi connectivity index (χ2v) is 7.80. The zero-order chi connectivity index (χ0) is 13.7. The van der Waals surface area contributed by atoms with Crippen LogP contribution in [0.5, 0.6) is 0 Å². The fraction of sp³-hybridized carbons (Fsp3) is 0.941. The quantitative estimate of drug-likeness (QED) is 0.827. The van der Waals surface area contributed by atoms with E-state index in [4.69, 9.17) is 0 Å². The van der Waals surface area contributed by atoms with Gasteiger partial charge in [-0.15, -0.1) is 0 Å². The Morgan fingerprint density at radius 1 is 1.30 bits per heavy atom. The van der Waals surface area contributed by atoms with Crippen molar-refractivity contribution in [3.8, 4) is 0 Å². The van der Waals surface area contributed by atoms with Crippen LogP contribution in [0.4, 0.5) is 0 Å². The molecule has 0 aromatic carbocycles. The molecule has 1 saturated heterocycles. The highest BCUT2D eigenvalue weighted by Gasteiger charge is 2.65. The highest BCUT2D eigenvalue weighted by molar-refractivity contribution is 5.83. The summed E-state index contributed by atoms with van der Waals surface area (Å²) in [6, 6.07) is 0.546. The lowest BCUT2D eigenvalue weighted by Crippen LogP contribution is -2.51. The molecule has 0 aromatic heterocycles. The van der Waals surface area contributed by atoms with Crippen LogP contribution < -0.4 is 10.6 Å². The summed E-state index contributed by atoms with van der Waals surface area (Å²) in [6.45, 7) is 4.18. The van der Waals surface area contributed by atoms with Gasteiger partial charge in [0.25, 0.3) is 0 Å². The number of carbonyl (C=O) groups excluding carboxylic acids is 1. The van der Waals surface area contributed by atoms with Gasteiger partial charge in [0.1, 0.15) is 0 Å². The number of piperidine rings is 1. The van der Waals surface area contributed by atoms with E-state index in [2.05, 4.69) is 17.6 Å². The molecule has 3 nitrogen and oxygen atoms in total. The molecule has 5 atom stereocenters. The third kappa shape index (κ3) is 1.85. The van der Waals surface area contributed by atoms with Gasteiger partial charge in [-0.1, -0.05) is 13.3 Å². The smallest absolute Gasteiger partial charge is 0.227 e. The molecule has 4 aliphatic rings. The first-order valence-electron chi connectivity index (χ1n) is 8.77. The average Bonchev–Trinajstić information content (AvgIpc) is 2.85. The Morgan fingerprint density at radius 2 is 2.05 bits per heavy atom. The summed E-state index contributed by atoms with van der Waals surface area (Å²) in [6.07, 6.45) is 8.70. The molecular formula is C17H28N2O. The van der Waals surface area contributed by atoms with Crippen molar-refractivity contribution in [2.24, 2.45) is 29.1 Å². The van der Waals surface area contributed by atoms with Gasteiger partial charge in [0.15, 0.2) is 0 Å². The zero-order valence-electron chi connectivity index (χ0n) is 12.7. The van der Waals surface area contributed by atoms with E-state index in [1.165, 1.54) is 19.3 Å². The van der Waals surface area contributed by atoms with Crippen LogP contribution in [0.2, 0.25) is 0 Å². The molecule has 112 valence electrons. The molecule has 1 aliphatic heterocycles. The van der Waals surface area contributed by atoms with Crippen molar-refractivity contribution in [1.82, 2.24) is 10.6 Å². The van der Waals surface area contributed by atoms with Crippen molar-refractivity contribution >= 4 is 5.91 Å². The van der Waals surface area contributed by atoms with E-state index in [1.54, 1.807) is 0 Å². The summed E-state index contributed by atoms with van der Waals surface area (Å²) in [5, 5.41) is 6.93. The predicted octanol–water partition coefficient (Wildman–Crippen LogP) is 2.32. The summed E-state index contributed by atoms with van der Waals surface area (Å²) in [4.78, 5) is 12.9. The van der Waals surface area contributed by atoms with Gasteiger partial charge in [0.05, 0.1) is 5.41 Å². The molecule has 4 fully saturated rings. The van der Waals surface area contributed by atoms with Crippen molar-refractivity contribution in [3.05, 3.63) is 0 Å². The number of hydrogen-bond acceptors (Lipinski definition) is 2. The SMILES string of the molecule is CCCC1(C(=O)NC2C3C4CCC(C4)C23)CCCNC1. The molecule has 3 saturated carbocycles. The van der Waals surface area contributed by atoms with E-state index < -0.39 is 0 Å². The number of fused-ring (bicyclic) bond motifs is 5. The number of amides is 1. The normalized spacial score (nSPS) is 49.0. The molecule has 2 bridgehead atoms. The fourth-order valence-electron chi connectivity index (χ4n) is 5.79. The van der Waals surface area contributed by atoms with Gasteiger partial charge in [0, 0.05) is 12.6 Å². The molecule has 20 heavy (non-hydrogen) atoms. The summed E-state index contributed by atoms with van der Waals surface area (Å²) in [7, 11) is 0. The standard InChI is InChI=1S/C17H28N2O/c1-2-6-17(7-3-8-18-10-17)16(20)19-15-13-11-4-5-12(9-11)14(13)15/h11-15,18H,2-10H2,1H3,(H,19,20). The van der Waals surface area contributed by atoms with Crippen LogP contribution in [0.15, 0.2) is 0 Å². The molecule has 0 spiro atoms. The predicted molar refractivity (Wildman–Crippen MR) is 79.2 cm³/mol. The van der Waals surface area contributed by atoms with Gasteiger partial charge in [-0.25, -0.2) is 0 Å². The Balaban J connectivity index is 1.42. The van der Waals surface area contributed by atoms with Crippen molar-refractivity contribution in [1.29, 1.82) is 0 Å². The Morgan fingerprint density at radius 3 is 2.65 bits per heavy atom. The van der Waals surface area contributed by atoms with Crippen LogP contribution >= 0.6 is 0 Å². The molecule has 3 heteroatoms. The number of hydrogen-bond donors (Lipinski definition) is 2. The third-order valence-corrected chi connectivity index (χ3v) is 6.72. The molecule has 2 N–H and O–H groups in total. The summed E-state index contributed by atoms with van der Waals surface area (Å²) < 4.78 is 0. The highest BCUT2D eigenvalue weighted by Crippen LogP contribution is 2.65. The highest BCUT2D eigenvalue weighted by atomic mass is 16.2.